The summed E-state index contributed by atoms with van der Waals surface area (Å²) in [7, 11) is 0. The van der Waals surface area contributed by atoms with Gasteiger partial charge in [-0.1, -0.05) is 0 Å². The van der Waals surface area contributed by atoms with Gasteiger partial charge in [-0.15, -0.1) is 0 Å². The van der Waals surface area contributed by atoms with Gasteiger partial charge in [0.2, 0.25) is 0 Å². The zero-order valence-electron chi connectivity index (χ0n) is 7.29. The van der Waals surface area contributed by atoms with Crippen LogP contribution in [0.4, 0.5) is 17.6 Å². The van der Waals surface area contributed by atoms with Crippen molar-refractivity contribution in [1.82, 2.24) is 4.90 Å². The lowest BCUT2D eigenvalue weighted by molar-refractivity contribution is -0.0949. The highest BCUT2D eigenvalue weighted by Gasteiger charge is 2.35. The van der Waals surface area contributed by atoms with E-state index in [2.05, 4.69) is 0 Å². The number of hydrogen-bond donors (Lipinski definition) is 0. The van der Waals surface area contributed by atoms with E-state index in [4.69, 9.17) is 0 Å². The molecule has 5 heteroatoms. The average Bonchev–Trinajstić information content (AvgIpc) is 2.51. The van der Waals surface area contributed by atoms with E-state index in [1.54, 1.807) is 0 Å². The first kappa shape index (κ1) is 10.3. The molecule has 1 rings (SSSR count). The molecule has 0 aromatic rings. The second-order valence-electron chi connectivity index (χ2n) is 3.11. The minimum absolute atomic E-state index is 0.388. The number of nitrogens with zero attached hydrogens (tertiary/aromatic N) is 1. The molecular weight excluding hydrogens is 186 g/mol. The molecule has 1 fully saturated rings. The van der Waals surface area contributed by atoms with E-state index in [1.807, 2.05) is 0 Å². The van der Waals surface area contributed by atoms with Gasteiger partial charge in [-0.05, 0) is 19.8 Å². The molecule has 0 bridgehead atoms. The van der Waals surface area contributed by atoms with E-state index in [1.165, 1.54) is 0 Å². The van der Waals surface area contributed by atoms with Crippen molar-refractivity contribution in [2.45, 2.75) is 25.9 Å². The van der Waals surface area contributed by atoms with Crippen LogP contribution in [0.25, 0.3) is 0 Å². The van der Waals surface area contributed by atoms with Gasteiger partial charge < -0.3 is 4.90 Å². The van der Waals surface area contributed by atoms with Crippen LogP contribution in [0.2, 0.25) is 0 Å². The number of halogens is 4. The second kappa shape index (κ2) is 3.55. The molecular formula is C8H11F4N. The quantitative estimate of drug-likeness (QED) is 0.461. The van der Waals surface area contributed by atoms with Gasteiger partial charge in [-0.25, -0.2) is 0 Å². The van der Waals surface area contributed by atoms with E-state index in [-0.39, 0.29) is 0 Å². The standard InChI is InChI=1S/C8H11F4N/c1-6(8(10,11)12)7(9)13-4-2-3-5-13/h2-5H2,1H3. The van der Waals surface area contributed by atoms with Gasteiger partial charge in [-0.3, -0.25) is 0 Å². The van der Waals surface area contributed by atoms with Crippen molar-refractivity contribution in [1.29, 1.82) is 0 Å². The summed E-state index contributed by atoms with van der Waals surface area (Å²) >= 11 is 0. The summed E-state index contributed by atoms with van der Waals surface area (Å²) in [6, 6.07) is 0. The summed E-state index contributed by atoms with van der Waals surface area (Å²) in [4.78, 5) is 1.14. The molecule has 0 atom stereocenters. The highest BCUT2D eigenvalue weighted by atomic mass is 19.4. The van der Waals surface area contributed by atoms with Crippen LogP contribution in [0.5, 0.6) is 0 Å². The summed E-state index contributed by atoms with van der Waals surface area (Å²) in [6.45, 7) is 1.55. The number of alkyl halides is 3. The lowest BCUT2D eigenvalue weighted by atomic mass is 10.3. The third-order valence-corrected chi connectivity index (χ3v) is 2.12. The molecule has 76 valence electrons. The Morgan fingerprint density at radius 2 is 1.62 bits per heavy atom. The fourth-order valence-corrected chi connectivity index (χ4v) is 1.27. The Kier molecular flexibility index (Phi) is 2.83. The molecule has 1 aliphatic rings. The molecule has 0 unspecified atom stereocenters. The molecule has 0 spiro atoms. The average molecular weight is 197 g/mol. The van der Waals surface area contributed by atoms with Crippen LogP contribution < -0.4 is 0 Å². The van der Waals surface area contributed by atoms with Crippen molar-refractivity contribution in [3.63, 3.8) is 0 Å². The molecule has 1 saturated heterocycles. The van der Waals surface area contributed by atoms with Crippen LogP contribution in [-0.4, -0.2) is 24.2 Å². The first-order valence-electron chi connectivity index (χ1n) is 4.11. The lowest BCUT2D eigenvalue weighted by Crippen LogP contribution is -2.21. The summed E-state index contributed by atoms with van der Waals surface area (Å²) in [5.74, 6) is -1.12. The molecule has 0 aromatic heterocycles. The molecule has 1 aliphatic heterocycles. The molecule has 0 N–H and O–H groups in total. The molecule has 0 aromatic carbocycles. The molecule has 0 aliphatic carbocycles. The minimum atomic E-state index is -4.55. The Balaban J connectivity index is 2.77. The highest BCUT2D eigenvalue weighted by Crippen LogP contribution is 2.30. The minimum Gasteiger partial charge on any atom is -0.348 e. The Hall–Kier alpha value is -0.740. The van der Waals surface area contributed by atoms with Crippen molar-refractivity contribution < 1.29 is 17.6 Å². The van der Waals surface area contributed by atoms with Gasteiger partial charge in [0.05, 0.1) is 5.57 Å². The fourth-order valence-electron chi connectivity index (χ4n) is 1.27. The van der Waals surface area contributed by atoms with Gasteiger partial charge in [-0.2, -0.15) is 17.6 Å². The summed E-state index contributed by atoms with van der Waals surface area (Å²) in [5.41, 5.74) is -1.13. The molecule has 1 heterocycles. The normalized spacial score (nSPS) is 20.5. The van der Waals surface area contributed by atoms with Crippen molar-refractivity contribution >= 4 is 0 Å². The smallest absolute Gasteiger partial charge is 0.348 e. The molecule has 0 amide bonds. The Labute approximate surface area is 74.0 Å². The number of allylic oxidation sites excluding steroid dienone is 1. The Morgan fingerprint density at radius 1 is 1.15 bits per heavy atom. The topological polar surface area (TPSA) is 3.24 Å². The van der Waals surface area contributed by atoms with Crippen LogP contribution in [0.15, 0.2) is 11.5 Å². The number of hydrogen-bond acceptors (Lipinski definition) is 1. The number of rotatable bonds is 1. The van der Waals surface area contributed by atoms with Crippen LogP contribution in [0.1, 0.15) is 19.8 Å². The third-order valence-electron chi connectivity index (χ3n) is 2.12. The summed E-state index contributed by atoms with van der Waals surface area (Å²) < 4.78 is 49.2. The van der Waals surface area contributed by atoms with E-state index in [0.717, 1.165) is 24.7 Å². The SMILES string of the molecule is CC(=C(F)N1CCCC1)C(F)(F)F. The van der Waals surface area contributed by atoms with Gasteiger partial charge in [0.15, 0.2) is 5.95 Å². The van der Waals surface area contributed by atoms with E-state index >= 15 is 0 Å². The molecule has 0 radical (unpaired) electrons. The zero-order valence-corrected chi connectivity index (χ0v) is 7.29. The second-order valence-corrected chi connectivity index (χ2v) is 3.11. The van der Waals surface area contributed by atoms with Gasteiger partial charge in [0, 0.05) is 13.1 Å². The van der Waals surface area contributed by atoms with Gasteiger partial charge >= 0.3 is 6.18 Å². The first-order valence-corrected chi connectivity index (χ1v) is 4.11. The highest BCUT2D eigenvalue weighted by molar-refractivity contribution is 5.10. The summed E-state index contributed by atoms with van der Waals surface area (Å²) in [6.07, 6.45) is -3.02. The lowest BCUT2D eigenvalue weighted by Gasteiger charge is -2.18. The van der Waals surface area contributed by atoms with Crippen LogP contribution in [-0.2, 0) is 0 Å². The fraction of sp³-hybridized carbons (Fsp3) is 0.750. The maximum Gasteiger partial charge on any atom is 0.416 e. The zero-order chi connectivity index (χ0) is 10.1. The Morgan fingerprint density at radius 3 is 2.00 bits per heavy atom. The van der Waals surface area contributed by atoms with Crippen LogP contribution in [0.3, 0.4) is 0 Å². The van der Waals surface area contributed by atoms with Crippen molar-refractivity contribution in [3.8, 4) is 0 Å². The van der Waals surface area contributed by atoms with Crippen molar-refractivity contribution in [3.05, 3.63) is 11.5 Å². The maximum absolute atomic E-state index is 13.1. The summed E-state index contributed by atoms with van der Waals surface area (Å²) in [5, 5.41) is 0. The first-order chi connectivity index (χ1) is 5.93. The van der Waals surface area contributed by atoms with Crippen molar-refractivity contribution in [2.75, 3.05) is 13.1 Å². The third kappa shape index (κ3) is 2.35. The van der Waals surface area contributed by atoms with E-state index in [0.29, 0.717) is 13.1 Å². The predicted molar refractivity (Wildman–Crippen MR) is 40.7 cm³/mol. The predicted octanol–water partition coefficient (Wildman–Crippen LogP) is 2.85. The molecule has 13 heavy (non-hydrogen) atoms. The van der Waals surface area contributed by atoms with Crippen molar-refractivity contribution in [2.24, 2.45) is 0 Å². The maximum atomic E-state index is 13.1. The number of likely N-dealkylation sites (tertiary alicyclic amines) is 1. The van der Waals surface area contributed by atoms with E-state index < -0.39 is 17.7 Å². The van der Waals surface area contributed by atoms with Gasteiger partial charge in [0.25, 0.3) is 0 Å². The molecule has 0 saturated carbocycles. The van der Waals surface area contributed by atoms with Gasteiger partial charge in [0.1, 0.15) is 0 Å². The largest absolute Gasteiger partial charge is 0.416 e. The molecule has 1 nitrogen and oxygen atoms in total. The van der Waals surface area contributed by atoms with Crippen LogP contribution >= 0.6 is 0 Å². The monoisotopic (exact) mass is 197 g/mol. The Bertz CT molecular complexity index is 213. The van der Waals surface area contributed by atoms with Crippen LogP contribution in [0, 0.1) is 0 Å². The van der Waals surface area contributed by atoms with E-state index in [9.17, 15) is 17.6 Å².